The van der Waals surface area contributed by atoms with Gasteiger partial charge in [-0.2, -0.15) is 0 Å². The first-order chi connectivity index (χ1) is 24.1. The third-order valence-corrected chi connectivity index (χ3v) is 9.81. The second-order valence-corrected chi connectivity index (χ2v) is 14.8. The summed E-state index contributed by atoms with van der Waals surface area (Å²) in [7, 11) is 0. The van der Waals surface area contributed by atoms with Crippen LogP contribution in [0.3, 0.4) is 0 Å². The third kappa shape index (κ3) is 39.3. The summed E-state index contributed by atoms with van der Waals surface area (Å²) in [4.78, 5) is 24.3. The highest BCUT2D eigenvalue weighted by atomic mass is 16.6. The fraction of sp³-hybridized carbons (Fsp3) is 0.909. The largest absolute Gasteiger partial charge is 0.462 e. The predicted molar refractivity (Wildman–Crippen MR) is 210 cm³/mol. The Hall–Kier alpha value is -1.36. The van der Waals surface area contributed by atoms with Crippen molar-refractivity contribution in [3.63, 3.8) is 0 Å². The lowest BCUT2D eigenvalue weighted by Crippen LogP contribution is -2.28. The Morgan fingerprint density at radius 3 is 1.10 bits per heavy atom. The van der Waals surface area contributed by atoms with Crippen molar-refractivity contribution in [2.75, 3.05) is 13.2 Å². The molecule has 0 saturated carbocycles. The van der Waals surface area contributed by atoms with Gasteiger partial charge in [0.25, 0.3) is 0 Å². The summed E-state index contributed by atoms with van der Waals surface area (Å²) in [6.07, 6.45) is 47.1. The summed E-state index contributed by atoms with van der Waals surface area (Å²) in [5.74, 6) is -0.587. The van der Waals surface area contributed by atoms with Crippen LogP contribution in [0.2, 0.25) is 0 Å². The Morgan fingerprint density at radius 1 is 0.449 bits per heavy atom. The van der Waals surface area contributed by atoms with Crippen LogP contribution >= 0.6 is 0 Å². The minimum atomic E-state index is -0.768. The highest BCUT2D eigenvalue weighted by Crippen LogP contribution is 2.16. The lowest BCUT2D eigenvalue weighted by Gasteiger charge is -2.15. The molecule has 0 fully saturated rings. The van der Waals surface area contributed by atoms with E-state index in [2.05, 4.69) is 26.0 Å². The van der Waals surface area contributed by atoms with Crippen molar-refractivity contribution in [3.8, 4) is 0 Å². The Balaban J connectivity index is 3.49. The van der Waals surface area contributed by atoms with E-state index in [4.69, 9.17) is 9.47 Å². The average Bonchev–Trinajstić information content (AvgIpc) is 3.10. The van der Waals surface area contributed by atoms with Crippen molar-refractivity contribution in [2.45, 2.75) is 245 Å². The van der Waals surface area contributed by atoms with Crippen molar-refractivity contribution in [2.24, 2.45) is 0 Å². The summed E-state index contributed by atoms with van der Waals surface area (Å²) in [6.45, 7) is 4.16. The summed E-state index contributed by atoms with van der Waals surface area (Å²) in [6, 6.07) is 0. The fourth-order valence-corrected chi connectivity index (χ4v) is 6.49. The second kappa shape index (κ2) is 41.1. The van der Waals surface area contributed by atoms with Crippen LogP contribution in [0.4, 0.5) is 0 Å². The van der Waals surface area contributed by atoms with Crippen molar-refractivity contribution in [1.29, 1.82) is 0 Å². The van der Waals surface area contributed by atoms with Gasteiger partial charge in [-0.25, -0.2) is 0 Å². The van der Waals surface area contributed by atoms with Crippen molar-refractivity contribution >= 4 is 11.9 Å². The van der Waals surface area contributed by atoms with Gasteiger partial charge in [0, 0.05) is 12.8 Å². The number of hydrogen-bond acceptors (Lipinski definition) is 5. The van der Waals surface area contributed by atoms with Crippen molar-refractivity contribution in [3.05, 3.63) is 12.2 Å². The van der Waals surface area contributed by atoms with E-state index in [0.29, 0.717) is 12.8 Å². The van der Waals surface area contributed by atoms with Crippen molar-refractivity contribution < 1.29 is 24.2 Å². The Bertz CT molecular complexity index is 705. The van der Waals surface area contributed by atoms with Gasteiger partial charge in [-0.05, 0) is 38.5 Å². The summed E-state index contributed by atoms with van der Waals surface area (Å²) < 4.78 is 10.6. The van der Waals surface area contributed by atoms with E-state index in [9.17, 15) is 14.7 Å². The molecule has 0 amide bonds. The number of rotatable bonds is 40. The van der Waals surface area contributed by atoms with Gasteiger partial charge in [0.15, 0.2) is 6.10 Å². The third-order valence-electron chi connectivity index (χ3n) is 9.81. The van der Waals surface area contributed by atoms with Gasteiger partial charge in [0.2, 0.25) is 0 Å². The number of aliphatic hydroxyl groups is 1. The Morgan fingerprint density at radius 2 is 0.755 bits per heavy atom. The standard InChI is InChI=1S/C44H84O5/c1-3-5-7-9-11-13-15-17-19-21-22-23-25-27-29-31-33-35-37-39-44(47)49-42(40-45)41-48-43(46)38-36-34-32-30-28-26-24-20-18-16-14-12-10-8-6-4-2/h20,24,42,45H,3-19,21-23,25-41H2,1-2H3/b24-20-/t42-/m0/s1. The molecule has 0 saturated heterocycles. The van der Waals surface area contributed by atoms with Crippen LogP contribution in [0.1, 0.15) is 239 Å². The molecule has 0 bridgehead atoms. The molecule has 0 heterocycles. The smallest absolute Gasteiger partial charge is 0.306 e. The van der Waals surface area contributed by atoms with Crippen LogP contribution in [-0.2, 0) is 19.1 Å². The second-order valence-electron chi connectivity index (χ2n) is 14.8. The minimum Gasteiger partial charge on any atom is -0.462 e. The summed E-state index contributed by atoms with van der Waals surface area (Å²) in [5, 5.41) is 9.57. The molecule has 0 spiro atoms. The first-order valence-electron chi connectivity index (χ1n) is 21.7. The van der Waals surface area contributed by atoms with Gasteiger partial charge in [-0.15, -0.1) is 0 Å². The molecule has 0 aromatic rings. The molecule has 0 radical (unpaired) electrons. The minimum absolute atomic E-state index is 0.0640. The number of hydrogen-bond donors (Lipinski definition) is 1. The number of esters is 2. The molecule has 0 rings (SSSR count). The zero-order chi connectivity index (χ0) is 35.7. The van der Waals surface area contributed by atoms with Crippen molar-refractivity contribution in [1.82, 2.24) is 0 Å². The van der Waals surface area contributed by atoms with E-state index in [0.717, 1.165) is 44.9 Å². The molecule has 0 aliphatic heterocycles. The van der Waals surface area contributed by atoms with Gasteiger partial charge in [-0.1, -0.05) is 199 Å². The van der Waals surface area contributed by atoms with E-state index in [1.165, 1.54) is 167 Å². The highest BCUT2D eigenvalue weighted by Gasteiger charge is 2.16. The van der Waals surface area contributed by atoms with Gasteiger partial charge >= 0.3 is 11.9 Å². The molecule has 5 heteroatoms. The zero-order valence-electron chi connectivity index (χ0n) is 33.0. The molecule has 0 aromatic carbocycles. The topological polar surface area (TPSA) is 72.8 Å². The Labute approximate surface area is 305 Å². The maximum absolute atomic E-state index is 12.2. The normalized spacial score (nSPS) is 12.1. The number of ether oxygens (including phenoxy) is 2. The molecular weight excluding hydrogens is 608 g/mol. The number of unbranched alkanes of at least 4 members (excludes halogenated alkanes) is 30. The van der Waals surface area contributed by atoms with Crippen LogP contribution in [0.25, 0.3) is 0 Å². The molecule has 5 nitrogen and oxygen atoms in total. The zero-order valence-corrected chi connectivity index (χ0v) is 33.0. The molecular formula is C44H84O5. The molecule has 49 heavy (non-hydrogen) atoms. The number of carbonyl (C=O) groups is 2. The molecule has 0 aliphatic carbocycles. The van der Waals surface area contributed by atoms with E-state index in [1.807, 2.05) is 0 Å². The lowest BCUT2D eigenvalue weighted by atomic mass is 10.0. The molecule has 1 atom stereocenters. The molecule has 0 aliphatic rings. The highest BCUT2D eigenvalue weighted by molar-refractivity contribution is 5.70. The molecule has 1 N–H and O–H groups in total. The lowest BCUT2D eigenvalue weighted by molar-refractivity contribution is -0.161. The molecule has 0 aromatic heterocycles. The van der Waals surface area contributed by atoms with E-state index >= 15 is 0 Å². The number of carbonyl (C=O) groups excluding carboxylic acids is 2. The van der Waals surface area contributed by atoms with Crippen LogP contribution in [0.5, 0.6) is 0 Å². The van der Waals surface area contributed by atoms with Crippen LogP contribution in [-0.4, -0.2) is 36.4 Å². The summed E-state index contributed by atoms with van der Waals surface area (Å²) >= 11 is 0. The van der Waals surface area contributed by atoms with Gasteiger partial charge in [-0.3, -0.25) is 9.59 Å². The SMILES string of the molecule is CCCCCCCCC/C=C\CCCCCCCC(=O)OC[C@H](CO)OC(=O)CCCCCCCCCCCCCCCCCCCCC. The maximum Gasteiger partial charge on any atom is 0.306 e. The first-order valence-corrected chi connectivity index (χ1v) is 21.7. The van der Waals surface area contributed by atoms with Crippen LogP contribution in [0, 0.1) is 0 Å². The van der Waals surface area contributed by atoms with Gasteiger partial charge < -0.3 is 14.6 Å². The van der Waals surface area contributed by atoms with Crippen LogP contribution < -0.4 is 0 Å². The first kappa shape index (κ1) is 47.6. The maximum atomic E-state index is 12.2. The molecule has 0 unspecified atom stereocenters. The van der Waals surface area contributed by atoms with Crippen LogP contribution in [0.15, 0.2) is 12.2 Å². The van der Waals surface area contributed by atoms with Gasteiger partial charge in [0.05, 0.1) is 6.61 Å². The Kier molecular flexibility index (Phi) is 39.9. The quantitative estimate of drug-likeness (QED) is 0.0393. The monoisotopic (exact) mass is 693 g/mol. The number of allylic oxidation sites excluding steroid dienone is 2. The predicted octanol–water partition coefficient (Wildman–Crippen LogP) is 13.7. The number of aliphatic hydroxyl groups excluding tert-OH is 1. The van der Waals surface area contributed by atoms with E-state index < -0.39 is 6.10 Å². The average molecular weight is 693 g/mol. The fourth-order valence-electron chi connectivity index (χ4n) is 6.49. The molecule has 290 valence electrons. The van der Waals surface area contributed by atoms with E-state index in [-0.39, 0.29) is 25.2 Å². The summed E-state index contributed by atoms with van der Waals surface area (Å²) in [5.41, 5.74) is 0. The van der Waals surface area contributed by atoms with Gasteiger partial charge in [0.1, 0.15) is 6.61 Å². The van der Waals surface area contributed by atoms with E-state index in [1.54, 1.807) is 0 Å².